The minimum Gasteiger partial charge on any atom is -0.396 e. The second-order valence-corrected chi connectivity index (χ2v) is 5.98. The number of hydrogen-bond acceptors (Lipinski definition) is 3. The van der Waals surface area contributed by atoms with E-state index >= 15 is 0 Å². The van der Waals surface area contributed by atoms with E-state index < -0.39 is 0 Å². The molecule has 0 unspecified atom stereocenters. The lowest BCUT2D eigenvalue weighted by Crippen LogP contribution is -2.44. The van der Waals surface area contributed by atoms with Gasteiger partial charge in [-0.05, 0) is 50.3 Å². The summed E-state index contributed by atoms with van der Waals surface area (Å²) in [4.78, 5) is 14.3. The number of nitrogens with one attached hydrogen (secondary N) is 1. The first-order valence-electron chi connectivity index (χ1n) is 7.79. The molecule has 116 valence electrons. The molecule has 0 spiro atoms. The van der Waals surface area contributed by atoms with Crippen LogP contribution in [-0.2, 0) is 11.2 Å². The average Bonchev–Trinajstić information content (AvgIpc) is 2.97. The van der Waals surface area contributed by atoms with E-state index in [2.05, 4.69) is 29.3 Å². The Hall–Kier alpha value is -1.39. The number of benzene rings is 1. The highest BCUT2D eigenvalue weighted by molar-refractivity contribution is 5.81. The van der Waals surface area contributed by atoms with Crippen molar-refractivity contribution in [3.05, 3.63) is 35.4 Å². The summed E-state index contributed by atoms with van der Waals surface area (Å²) < 4.78 is 0. The van der Waals surface area contributed by atoms with Crippen molar-refractivity contribution in [2.24, 2.45) is 5.92 Å². The molecule has 1 aliphatic heterocycles. The van der Waals surface area contributed by atoms with Crippen LogP contribution in [0.1, 0.15) is 24.5 Å². The van der Waals surface area contributed by atoms with E-state index in [0.29, 0.717) is 12.5 Å². The minimum atomic E-state index is -0.113. The van der Waals surface area contributed by atoms with Gasteiger partial charge < -0.3 is 10.4 Å². The molecular weight excluding hydrogens is 264 g/mol. The Morgan fingerprint density at radius 1 is 1.48 bits per heavy atom. The molecule has 2 rings (SSSR count). The number of likely N-dealkylation sites (tertiary alicyclic amines) is 1. The van der Waals surface area contributed by atoms with Crippen molar-refractivity contribution < 1.29 is 9.90 Å². The van der Waals surface area contributed by atoms with Crippen molar-refractivity contribution in [3.8, 4) is 0 Å². The Kier molecular flexibility index (Phi) is 5.76. The Labute approximate surface area is 127 Å². The zero-order valence-electron chi connectivity index (χ0n) is 13.0. The third-order valence-electron chi connectivity index (χ3n) is 4.46. The van der Waals surface area contributed by atoms with E-state index in [1.54, 1.807) is 0 Å². The Balaban J connectivity index is 1.76. The number of aliphatic hydroxyl groups excluding tert-OH is 1. The quantitative estimate of drug-likeness (QED) is 0.832. The topological polar surface area (TPSA) is 52.6 Å². The molecule has 4 nitrogen and oxygen atoms in total. The lowest BCUT2D eigenvalue weighted by atomic mass is 10.1. The summed E-state index contributed by atoms with van der Waals surface area (Å²) in [5, 5.41) is 12.2. The monoisotopic (exact) mass is 290 g/mol. The zero-order valence-corrected chi connectivity index (χ0v) is 13.0. The van der Waals surface area contributed by atoms with E-state index in [9.17, 15) is 9.90 Å². The van der Waals surface area contributed by atoms with E-state index in [1.807, 2.05) is 19.1 Å². The van der Waals surface area contributed by atoms with Crippen LogP contribution in [0.5, 0.6) is 0 Å². The fraction of sp³-hybridized carbons (Fsp3) is 0.588. The van der Waals surface area contributed by atoms with Crippen molar-refractivity contribution in [2.75, 3.05) is 26.2 Å². The molecule has 2 atom stereocenters. The second-order valence-electron chi connectivity index (χ2n) is 5.98. The summed E-state index contributed by atoms with van der Waals surface area (Å²) in [6, 6.07) is 8.16. The van der Waals surface area contributed by atoms with Gasteiger partial charge in [-0.15, -0.1) is 0 Å². The molecule has 1 amide bonds. The van der Waals surface area contributed by atoms with Gasteiger partial charge in [0.2, 0.25) is 5.91 Å². The highest BCUT2D eigenvalue weighted by atomic mass is 16.3. The molecule has 1 aromatic rings. The van der Waals surface area contributed by atoms with Crippen LogP contribution >= 0.6 is 0 Å². The van der Waals surface area contributed by atoms with Crippen molar-refractivity contribution in [3.63, 3.8) is 0 Å². The summed E-state index contributed by atoms with van der Waals surface area (Å²) >= 11 is 0. The zero-order chi connectivity index (χ0) is 15.2. The highest BCUT2D eigenvalue weighted by Crippen LogP contribution is 2.17. The molecule has 0 saturated carbocycles. The van der Waals surface area contributed by atoms with Gasteiger partial charge in [-0.2, -0.15) is 0 Å². The Morgan fingerprint density at radius 2 is 2.24 bits per heavy atom. The van der Waals surface area contributed by atoms with Crippen molar-refractivity contribution in [2.45, 2.75) is 32.7 Å². The third-order valence-corrected chi connectivity index (χ3v) is 4.46. The van der Waals surface area contributed by atoms with Gasteiger partial charge in [0.25, 0.3) is 0 Å². The van der Waals surface area contributed by atoms with Gasteiger partial charge in [-0.25, -0.2) is 0 Å². The SMILES string of the molecule is Cc1ccccc1CCNC(=O)[C@@H](C)N1CC[C@H](CO)C1. The molecule has 1 aromatic carbocycles. The van der Waals surface area contributed by atoms with Crippen LogP contribution in [-0.4, -0.2) is 48.2 Å². The lowest BCUT2D eigenvalue weighted by molar-refractivity contribution is -0.125. The molecule has 2 N–H and O–H groups in total. The third kappa shape index (κ3) is 4.29. The molecule has 4 heteroatoms. The molecule has 1 aliphatic rings. The smallest absolute Gasteiger partial charge is 0.237 e. The summed E-state index contributed by atoms with van der Waals surface area (Å²) in [5.74, 6) is 0.411. The first-order chi connectivity index (χ1) is 10.1. The second kappa shape index (κ2) is 7.57. The number of hydrogen-bond donors (Lipinski definition) is 2. The summed E-state index contributed by atoms with van der Waals surface area (Å²) in [5.41, 5.74) is 2.55. The number of carbonyl (C=O) groups is 1. The average molecular weight is 290 g/mol. The van der Waals surface area contributed by atoms with Crippen LogP contribution in [0.15, 0.2) is 24.3 Å². The summed E-state index contributed by atoms with van der Waals surface area (Å²) in [7, 11) is 0. The lowest BCUT2D eigenvalue weighted by Gasteiger charge is -2.23. The molecule has 1 saturated heterocycles. The Bertz CT molecular complexity index is 476. The highest BCUT2D eigenvalue weighted by Gasteiger charge is 2.28. The predicted molar refractivity (Wildman–Crippen MR) is 84.1 cm³/mol. The van der Waals surface area contributed by atoms with E-state index in [4.69, 9.17) is 0 Å². The number of nitrogens with zero attached hydrogens (tertiary/aromatic N) is 1. The summed E-state index contributed by atoms with van der Waals surface area (Å²) in [6.07, 6.45) is 1.85. The number of rotatable bonds is 6. The van der Waals surface area contributed by atoms with Gasteiger partial charge >= 0.3 is 0 Å². The maximum atomic E-state index is 12.2. The van der Waals surface area contributed by atoms with E-state index in [-0.39, 0.29) is 18.6 Å². The molecule has 1 fully saturated rings. The maximum Gasteiger partial charge on any atom is 0.237 e. The van der Waals surface area contributed by atoms with Gasteiger partial charge in [0.05, 0.1) is 6.04 Å². The van der Waals surface area contributed by atoms with Crippen LogP contribution in [0.2, 0.25) is 0 Å². The largest absolute Gasteiger partial charge is 0.396 e. The molecule has 1 heterocycles. The minimum absolute atomic E-state index is 0.0853. The van der Waals surface area contributed by atoms with Crippen LogP contribution in [0.4, 0.5) is 0 Å². The predicted octanol–water partition coefficient (Wildman–Crippen LogP) is 1.36. The van der Waals surface area contributed by atoms with Crippen LogP contribution < -0.4 is 5.32 Å². The van der Waals surface area contributed by atoms with Crippen LogP contribution in [0, 0.1) is 12.8 Å². The normalized spacial score (nSPS) is 20.4. The van der Waals surface area contributed by atoms with Crippen molar-refractivity contribution in [1.82, 2.24) is 10.2 Å². The van der Waals surface area contributed by atoms with Gasteiger partial charge in [-0.3, -0.25) is 9.69 Å². The molecule has 21 heavy (non-hydrogen) atoms. The van der Waals surface area contributed by atoms with E-state index in [0.717, 1.165) is 25.9 Å². The number of carbonyl (C=O) groups excluding carboxylic acids is 1. The van der Waals surface area contributed by atoms with Crippen LogP contribution in [0.3, 0.4) is 0 Å². The number of amides is 1. The van der Waals surface area contributed by atoms with Gasteiger partial charge in [-0.1, -0.05) is 24.3 Å². The van der Waals surface area contributed by atoms with Gasteiger partial charge in [0, 0.05) is 19.7 Å². The molecular formula is C17H26N2O2. The summed E-state index contributed by atoms with van der Waals surface area (Å²) in [6.45, 7) is 6.66. The van der Waals surface area contributed by atoms with Gasteiger partial charge in [0.1, 0.15) is 0 Å². The van der Waals surface area contributed by atoms with E-state index in [1.165, 1.54) is 11.1 Å². The fourth-order valence-corrected chi connectivity index (χ4v) is 2.89. The van der Waals surface area contributed by atoms with Crippen LogP contribution in [0.25, 0.3) is 0 Å². The van der Waals surface area contributed by atoms with Crippen molar-refractivity contribution in [1.29, 1.82) is 0 Å². The van der Waals surface area contributed by atoms with Gasteiger partial charge in [0.15, 0.2) is 0 Å². The molecule has 0 aliphatic carbocycles. The fourth-order valence-electron chi connectivity index (χ4n) is 2.89. The van der Waals surface area contributed by atoms with Crippen molar-refractivity contribution >= 4 is 5.91 Å². The maximum absolute atomic E-state index is 12.2. The number of aryl methyl sites for hydroxylation is 1. The standard InChI is InChI=1S/C17H26N2O2/c1-13-5-3-4-6-16(13)7-9-18-17(21)14(2)19-10-8-15(11-19)12-20/h3-6,14-15,20H,7-12H2,1-2H3,(H,18,21)/t14-,15+/m1/s1. The first-order valence-corrected chi connectivity index (χ1v) is 7.79. The number of aliphatic hydroxyl groups is 1. The molecule has 0 aromatic heterocycles. The Morgan fingerprint density at radius 3 is 2.90 bits per heavy atom. The first kappa shape index (κ1) is 16.0. The molecule has 0 bridgehead atoms. The molecule has 0 radical (unpaired) electrons.